The molecule has 2 N–H and O–H groups in total. The van der Waals surface area contributed by atoms with E-state index in [4.69, 9.17) is 4.74 Å². The molecule has 5 unspecified atom stereocenters. The summed E-state index contributed by atoms with van der Waals surface area (Å²) in [6, 6.07) is 8.93. The maximum absolute atomic E-state index is 13.6. The van der Waals surface area contributed by atoms with Crippen LogP contribution in [-0.4, -0.2) is 53.0 Å². The Kier molecular flexibility index (Phi) is 5.83. The van der Waals surface area contributed by atoms with Gasteiger partial charge in [-0.15, -0.1) is 6.58 Å². The van der Waals surface area contributed by atoms with Gasteiger partial charge in [0.25, 0.3) is 0 Å². The Hall–Kier alpha value is -2.93. The zero-order chi connectivity index (χ0) is 23.0. The molecule has 1 aromatic rings. The lowest BCUT2D eigenvalue weighted by Gasteiger charge is -2.31. The van der Waals surface area contributed by atoms with Crippen molar-refractivity contribution in [3.8, 4) is 0 Å². The van der Waals surface area contributed by atoms with Gasteiger partial charge in [-0.25, -0.2) is 0 Å². The number of nitrogens with one attached hydrogen (secondary N) is 2. The third kappa shape index (κ3) is 3.68. The zero-order valence-electron chi connectivity index (χ0n) is 18.7. The van der Waals surface area contributed by atoms with Gasteiger partial charge in [-0.3, -0.25) is 14.4 Å². The van der Waals surface area contributed by atoms with Crippen LogP contribution >= 0.6 is 0 Å². The molecule has 3 heterocycles. The average molecular weight is 450 g/mol. The van der Waals surface area contributed by atoms with E-state index < -0.39 is 29.6 Å². The SMILES string of the molecule is C=CCN1C(=O)C2C(C(=O)NC3CCCCC3)C3C=CC2(O3)C1C(=O)NCc1ccccc1. The normalized spacial score (nSPS) is 32.6. The van der Waals surface area contributed by atoms with Crippen LogP contribution in [-0.2, 0) is 25.7 Å². The van der Waals surface area contributed by atoms with Gasteiger partial charge in [0.1, 0.15) is 11.6 Å². The number of hydrogen-bond donors (Lipinski definition) is 2. The number of carbonyl (C=O) groups is 3. The molecule has 33 heavy (non-hydrogen) atoms. The van der Waals surface area contributed by atoms with Crippen molar-refractivity contribution in [3.05, 3.63) is 60.7 Å². The topological polar surface area (TPSA) is 87.7 Å². The summed E-state index contributed by atoms with van der Waals surface area (Å²) in [5, 5.41) is 6.14. The molecule has 1 saturated carbocycles. The Morgan fingerprint density at radius 1 is 1.15 bits per heavy atom. The molecule has 1 aromatic carbocycles. The molecule has 3 amide bonds. The van der Waals surface area contributed by atoms with E-state index in [-0.39, 0.29) is 30.3 Å². The summed E-state index contributed by atoms with van der Waals surface area (Å²) < 4.78 is 6.31. The molecule has 7 heteroatoms. The van der Waals surface area contributed by atoms with E-state index >= 15 is 0 Å². The first kappa shape index (κ1) is 21.9. The minimum Gasteiger partial charge on any atom is -0.359 e. The standard InChI is InChI=1S/C26H31N3O4/c1-2-15-29-22(24(31)27-16-17-9-5-3-6-10-17)26-14-13-19(33-26)20(21(26)25(29)32)23(30)28-18-11-7-4-8-12-18/h2-3,5-6,9-10,13-14,18-22H,1,4,7-8,11-12,15-16H2,(H,27,31)(H,28,30). The number of rotatable bonds is 7. The minimum atomic E-state index is -1.12. The van der Waals surface area contributed by atoms with Crippen LogP contribution in [0.2, 0.25) is 0 Å². The van der Waals surface area contributed by atoms with Crippen LogP contribution in [0.25, 0.3) is 0 Å². The Bertz CT molecular complexity index is 971. The molecule has 1 aliphatic carbocycles. The molecule has 3 fully saturated rings. The third-order valence-corrected chi connectivity index (χ3v) is 7.51. The zero-order valence-corrected chi connectivity index (χ0v) is 18.7. The summed E-state index contributed by atoms with van der Waals surface area (Å²) in [7, 11) is 0. The van der Waals surface area contributed by atoms with Gasteiger partial charge in [-0.2, -0.15) is 0 Å². The number of ether oxygens (including phenoxy) is 1. The molecular formula is C26H31N3O4. The molecule has 0 radical (unpaired) electrons. The van der Waals surface area contributed by atoms with Crippen LogP contribution in [0.5, 0.6) is 0 Å². The third-order valence-electron chi connectivity index (χ3n) is 7.51. The second-order valence-electron chi connectivity index (χ2n) is 9.53. The summed E-state index contributed by atoms with van der Waals surface area (Å²) >= 11 is 0. The van der Waals surface area contributed by atoms with Gasteiger partial charge in [0.15, 0.2) is 0 Å². The number of hydrogen-bond acceptors (Lipinski definition) is 4. The highest BCUT2D eigenvalue weighted by atomic mass is 16.5. The average Bonchev–Trinajstić information content (AvgIpc) is 3.47. The Labute approximate surface area is 194 Å². The van der Waals surface area contributed by atoms with E-state index in [9.17, 15) is 14.4 Å². The molecule has 174 valence electrons. The maximum Gasteiger partial charge on any atom is 0.246 e. The number of benzene rings is 1. The molecular weight excluding hydrogens is 418 g/mol. The van der Waals surface area contributed by atoms with Gasteiger partial charge in [0.05, 0.1) is 17.9 Å². The summed E-state index contributed by atoms with van der Waals surface area (Å²) in [6.07, 6.45) is 10.2. The van der Waals surface area contributed by atoms with E-state index in [2.05, 4.69) is 17.2 Å². The maximum atomic E-state index is 13.6. The summed E-state index contributed by atoms with van der Waals surface area (Å²) in [5.74, 6) is -1.96. The van der Waals surface area contributed by atoms with E-state index in [1.807, 2.05) is 42.5 Å². The molecule has 5 rings (SSSR count). The molecule has 2 bridgehead atoms. The summed E-state index contributed by atoms with van der Waals surface area (Å²) in [4.78, 5) is 41.8. The molecule has 7 nitrogen and oxygen atoms in total. The van der Waals surface area contributed by atoms with Crippen molar-refractivity contribution in [1.29, 1.82) is 0 Å². The van der Waals surface area contributed by atoms with Crippen LogP contribution in [0.1, 0.15) is 37.7 Å². The fourth-order valence-electron chi connectivity index (χ4n) is 6.03. The molecule has 0 aromatic heterocycles. The van der Waals surface area contributed by atoms with Crippen LogP contribution < -0.4 is 10.6 Å². The van der Waals surface area contributed by atoms with Crippen molar-refractivity contribution in [2.24, 2.45) is 11.8 Å². The first-order valence-corrected chi connectivity index (χ1v) is 12.0. The van der Waals surface area contributed by atoms with E-state index in [1.165, 1.54) is 11.3 Å². The van der Waals surface area contributed by atoms with E-state index in [0.717, 1.165) is 31.2 Å². The second kappa shape index (κ2) is 8.78. The lowest BCUT2D eigenvalue weighted by atomic mass is 9.74. The summed E-state index contributed by atoms with van der Waals surface area (Å²) in [5.41, 5.74) is -0.156. The lowest BCUT2D eigenvalue weighted by molar-refractivity contribution is -0.141. The Morgan fingerprint density at radius 2 is 1.91 bits per heavy atom. The van der Waals surface area contributed by atoms with E-state index in [0.29, 0.717) is 6.54 Å². The van der Waals surface area contributed by atoms with Gasteiger partial charge in [-0.05, 0) is 18.4 Å². The minimum absolute atomic E-state index is 0.139. The van der Waals surface area contributed by atoms with Gasteiger partial charge >= 0.3 is 0 Å². The van der Waals surface area contributed by atoms with Crippen molar-refractivity contribution in [3.63, 3.8) is 0 Å². The van der Waals surface area contributed by atoms with Gasteiger partial charge in [0.2, 0.25) is 17.7 Å². The Morgan fingerprint density at radius 3 is 2.64 bits per heavy atom. The Balaban J connectivity index is 1.38. The molecule has 4 aliphatic rings. The number of fused-ring (bicyclic) bond motifs is 1. The smallest absolute Gasteiger partial charge is 0.246 e. The monoisotopic (exact) mass is 449 g/mol. The van der Waals surface area contributed by atoms with Gasteiger partial charge in [-0.1, -0.05) is 67.8 Å². The van der Waals surface area contributed by atoms with Crippen LogP contribution in [0, 0.1) is 11.8 Å². The van der Waals surface area contributed by atoms with Crippen molar-refractivity contribution in [2.45, 2.75) is 62.4 Å². The van der Waals surface area contributed by atoms with Crippen molar-refractivity contribution in [2.75, 3.05) is 6.54 Å². The highest BCUT2D eigenvalue weighted by Crippen LogP contribution is 2.55. The number of amides is 3. The highest BCUT2D eigenvalue weighted by Gasteiger charge is 2.72. The van der Waals surface area contributed by atoms with Crippen molar-refractivity contribution >= 4 is 17.7 Å². The fourth-order valence-corrected chi connectivity index (χ4v) is 6.03. The quantitative estimate of drug-likeness (QED) is 0.624. The number of nitrogens with zero attached hydrogens (tertiary/aromatic N) is 1. The van der Waals surface area contributed by atoms with Crippen molar-refractivity contribution < 1.29 is 19.1 Å². The predicted molar refractivity (Wildman–Crippen MR) is 123 cm³/mol. The summed E-state index contributed by atoms with van der Waals surface area (Å²) in [6.45, 7) is 4.34. The highest BCUT2D eigenvalue weighted by molar-refractivity contribution is 6.00. The number of carbonyl (C=O) groups excluding carboxylic acids is 3. The van der Waals surface area contributed by atoms with Crippen LogP contribution in [0.15, 0.2) is 55.1 Å². The lowest BCUT2D eigenvalue weighted by Crippen LogP contribution is -2.54. The predicted octanol–water partition coefficient (Wildman–Crippen LogP) is 2.09. The molecule has 2 saturated heterocycles. The van der Waals surface area contributed by atoms with Gasteiger partial charge < -0.3 is 20.3 Å². The largest absolute Gasteiger partial charge is 0.359 e. The molecule has 3 aliphatic heterocycles. The van der Waals surface area contributed by atoms with Crippen molar-refractivity contribution in [1.82, 2.24) is 15.5 Å². The van der Waals surface area contributed by atoms with Crippen LogP contribution in [0.4, 0.5) is 0 Å². The second-order valence-corrected chi connectivity index (χ2v) is 9.53. The molecule has 5 atom stereocenters. The number of likely N-dealkylation sites (tertiary alicyclic amines) is 1. The van der Waals surface area contributed by atoms with E-state index in [1.54, 1.807) is 6.08 Å². The van der Waals surface area contributed by atoms with Crippen LogP contribution in [0.3, 0.4) is 0 Å². The first-order valence-electron chi connectivity index (χ1n) is 12.0. The molecule has 1 spiro atoms. The first-order chi connectivity index (χ1) is 16.0. The van der Waals surface area contributed by atoms with Gasteiger partial charge in [0, 0.05) is 19.1 Å². The fraction of sp³-hybridized carbons (Fsp3) is 0.500.